The summed E-state index contributed by atoms with van der Waals surface area (Å²) < 4.78 is 10.7. The molecule has 0 saturated heterocycles. The zero-order chi connectivity index (χ0) is 13.3. The molecule has 2 aliphatic rings. The maximum absolute atomic E-state index is 12.2. The van der Waals surface area contributed by atoms with Crippen LogP contribution in [-0.4, -0.2) is 23.5 Å². The molecule has 2 unspecified atom stereocenters. The van der Waals surface area contributed by atoms with E-state index >= 15 is 0 Å². The molecule has 96 valence electrons. The van der Waals surface area contributed by atoms with Crippen molar-refractivity contribution in [1.82, 2.24) is 0 Å². The molecule has 0 N–H and O–H groups in total. The highest BCUT2D eigenvalue weighted by atomic mass is 16.6. The Morgan fingerprint density at radius 3 is 2.72 bits per heavy atom. The van der Waals surface area contributed by atoms with Gasteiger partial charge in [0.1, 0.15) is 17.4 Å². The molecule has 2 aliphatic heterocycles. The summed E-state index contributed by atoms with van der Waals surface area (Å²) in [7, 11) is 0. The molecule has 0 fully saturated rings. The number of Topliss-reactive ketones (excluding diaryl/α,β-unsaturated/α-hetero) is 1. The Balaban J connectivity index is 2.29. The number of cyclic esters (lactones) is 1. The van der Waals surface area contributed by atoms with Crippen LogP contribution < -0.4 is 0 Å². The van der Waals surface area contributed by atoms with Gasteiger partial charge in [-0.15, -0.1) is 0 Å². The van der Waals surface area contributed by atoms with Gasteiger partial charge in [0.2, 0.25) is 5.78 Å². The summed E-state index contributed by atoms with van der Waals surface area (Å²) >= 11 is 0. The molecule has 0 aromatic heterocycles. The van der Waals surface area contributed by atoms with Crippen LogP contribution in [0.1, 0.15) is 27.2 Å². The van der Waals surface area contributed by atoms with E-state index in [2.05, 4.69) is 0 Å². The Bertz CT molecular complexity index is 484. The third-order valence-corrected chi connectivity index (χ3v) is 3.00. The molecule has 0 aliphatic carbocycles. The van der Waals surface area contributed by atoms with Gasteiger partial charge in [0.15, 0.2) is 5.60 Å². The van der Waals surface area contributed by atoms with Crippen molar-refractivity contribution >= 4 is 11.8 Å². The van der Waals surface area contributed by atoms with Crippen molar-refractivity contribution < 1.29 is 19.1 Å². The standard InChI is InChI=1S/C14H16O4/c1-4-5-6-7-14(3)12(15)11-10(18-14)8-9(2)17-13(11)16/h4-7,9H,8H2,1-3H3/b5-4+,7-6+. The van der Waals surface area contributed by atoms with Gasteiger partial charge in [0.05, 0.1) is 0 Å². The Morgan fingerprint density at radius 1 is 1.33 bits per heavy atom. The fourth-order valence-corrected chi connectivity index (χ4v) is 2.08. The molecule has 0 saturated carbocycles. The molecule has 4 nitrogen and oxygen atoms in total. The smallest absolute Gasteiger partial charge is 0.345 e. The highest BCUT2D eigenvalue weighted by Gasteiger charge is 2.49. The average Bonchev–Trinajstić information content (AvgIpc) is 2.51. The summed E-state index contributed by atoms with van der Waals surface area (Å²) in [6, 6.07) is 0. The zero-order valence-corrected chi connectivity index (χ0v) is 10.7. The van der Waals surface area contributed by atoms with Gasteiger partial charge in [-0.2, -0.15) is 0 Å². The minimum absolute atomic E-state index is 0.0701. The van der Waals surface area contributed by atoms with Crippen molar-refractivity contribution in [2.24, 2.45) is 0 Å². The molecule has 4 heteroatoms. The summed E-state index contributed by atoms with van der Waals surface area (Å²) in [4.78, 5) is 23.9. The highest BCUT2D eigenvalue weighted by Crippen LogP contribution is 2.37. The van der Waals surface area contributed by atoms with Crippen molar-refractivity contribution in [2.75, 3.05) is 0 Å². The predicted molar refractivity (Wildman–Crippen MR) is 65.6 cm³/mol. The molecule has 2 atom stereocenters. The van der Waals surface area contributed by atoms with E-state index in [-0.39, 0.29) is 17.5 Å². The topological polar surface area (TPSA) is 52.6 Å². The number of ether oxygens (including phenoxy) is 2. The summed E-state index contributed by atoms with van der Waals surface area (Å²) in [5.41, 5.74) is -1.02. The first-order valence-corrected chi connectivity index (χ1v) is 5.96. The lowest BCUT2D eigenvalue weighted by atomic mass is 9.95. The van der Waals surface area contributed by atoms with Crippen LogP contribution in [0.2, 0.25) is 0 Å². The van der Waals surface area contributed by atoms with E-state index in [0.717, 1.165) is 0 Å². The van der Waals surface area contributed by atoms with E-state index in [0.29, 0.717) is 12.2 Å². The third kappa shape index (κ3) is 1.98. The second kappa shape index (κ2) is 4.44. The van der Waals surface area contributed by atoms with E-state index in [1.54, 1.807) is 32.1 Å². The molecule has 0 amide bonds. The third-order valence-electron chi connectivity index (χ3n) is 3.00. The van der Waals surface area contributed by atoms with E-state index in [9.17, 15) is 9.59 Å². The number of carbonyl (C=O) groups is 2. The number of carbonyl (C=O) groups excluding carboxylic acids is 2. The molecule has 0 aromatic carbocycles. The first-order valence-electron chi connectivity index (χ1n) is 5.96. The Labute approximate surface area is 106 Å². The number of rotatable bonds is 2. The van der Waals surface area contributed by atoms with Gasteiger partial charge >= 0.3 is 5.97 Å². The minimum Gasteiger partial charge on any atom is -0.478 e. The lowest BCUT2D eigenvalue weighted by molar-refractivity contribution is -0.145. The van der Waals surface area contributed by atoms with Crippen molar-refractivity contribution in [3.63, 3.8) is 0 Å². The summed E-state index contributed by atoms with van der Waals surface area (Å²) in [5, 5.41) is 0. The van der Waals surface area contributed by atoms with Gasteiger partial charge in [-0.3, -0.25) is 4.79 Å². The van der Waals surface area contributed by atoms with Gasteiger partial charge in [-0.1, -0.05) is 18.2 Å². The molecular weight excluding hydrogens is 232 g/mol. The zero-order valence-electron chi connectivity index (χ0n) is 10.7. The van der Waals surface area contributed by atoms with Crippen LogP contribution in [0.25, 0.3) is 0 Å². The number of ketones is 1. The van der Waals surface area contributed by atoms with Crippen LogP contribution in [0.4, 0.5) is 0 Å². The number of hydrogen-bond acceptors (Lipinski definition) is 4. The van der Waals surface area contributed by atoms with Gasteiger partial charge in [0, 0.05) is 6.42 Å². The van der Waals surface area contributed by atoms with Gasteiger partial charge in [0.25, 0.3) is 0 Å². The second-order valence-electron chi connectivity index (χ2n) is 4.64. The maximum Gasteiger partial charge on any atom is 0.345 e. The normalized spacial score (nSPS) is 32.1. The molecule has 2 heterocycles. The van der Waals surface area contributed by atoms with Crippen LogP contribution in [0.15, 0.2) is 35.6 Å². The van der Waals surface area contributed by atoms with Crippen molar-refractivity contribution in [2.45, 2.75) is 38.9 Å². The lowest BCUT2D eigenvalue weighted by Gasteiger charge is -2.21. The summed E-state index contributed by atoms with van der Waals surface area (Å²) in [5.74, 6) is -0.441. The Hall–Kier alpha value is -1.84. The Kier molecular flexibility index (Phi) is 3.11. The van der Waals surface area contributed by atoms with Gasteiger partial charge in [-0.25, -0.2) is 4.79 Å². The fourth-order valence-electron chi connectivity index (χ4n) is 2.08. The molecule has 0 spiro atoms. The van der Waals surface area contributed by atoms with Gasteiger partial charge in [-0.05, 0) is 26.8 Å². The van der Waals surface area contributed by atoms with Crippen LogP contribution in [-0.2, 0) is 19.1 Å². The maximum atomic E-state index is 12.2. The minimum atomic E-state index is -1.09. The molecule has 0 bridgehead atoms. The number of allylic oxidation sites excluding steroid dienone is 3. The van der Waals surface area contributed by atoms with Crippen molar-refractivity contribution in [3.05, 3.63) is 35.6 Å². The average molecular weight is 248 g/mol. The SMILES string of the molecule is C/C=C/C=C/C1(C)OC2=C(C(=O)OC(C)C2)C1=O. The van der Waals surface area contributed by atoms with E-state index in [1.165, 1.54) is 0 Å². The largest absolute Gasteiger partial charge is 0.478 e. The number of esters is 1. The second-order valence-corrected chi connectivity index (χ2v) is 4.64. The molecule has 18 heavy (non-hydrogen) atoms. The lowest BCUT2D eigenvalue weighted by Crippen LogP contribution is -2.33. The van der Waals surface area contributed by atoms with E-state index in [1.807, 2.05) is 13.0 Å². The van der Waals surface area contributed by atoms with Crippen molar-refractivity contribution in [1.29, 1.82) is 0 Å². The van der Waals surface area contributed by atoms with Crippen molar-refractivity contribution in [3.8, 4) is 0 Å². The van der Waals surface area contributed by atoms with Crippen LogP contribution in [0.5, 0.6) is 0 Å². The Morgan fingerprint density at radius 2 is 2.06 bits per heavy atom. The summed E-state index contributed by atoms with van der Waals surface area (Å²) in [6.45, 7) is 5.32. The molecule has 0 aromatic rings. The van der Waals surface area contributed by atoms with E-state index in [4.69, 9.17) is 9.47 Å². The monoisotopic (exact) mass is 248 g/mol. The quantitative estimate of drug-likeness (QED) is 0.426. The molecular formula is C14H16O4. The fraction of sp³-hybridized carbons (Fsp3) is 0.429. The first-order chi connectivity index (χ1) is 8.48. The summed E-state index contributed by atoms with van der Waals surface area (Å²) in [6.07, 6.45) is 7.27. The highest BCUT2D eigenvalue weighted by molar-refractivity contribution is 6.23. The van der Waals surface area contributed by atoms with Crippen LogP contribution in [0, 0.1) is 0 Å². The van der Waals surface area contributed by atoms with E-state index < -0.39 is 11.6 Å². The predicted octanol–water partition coefficient (Wildman–Crippen LogP) is 2.07. The number of hydrogen-bond donors (Lipinski definition) is 0. The van der Waals surface area contributed by atoms with Crippen LogP contribution >= 0.6 is 0 Å². The molecule has 2 rings (SSSR count). The first kappa shape index (κ1) is 12.6. The van der Waals surface area contributed by atoms with Gasteiger partial charge < -0.3 is 9.47 Å². The van der Waals surface area contributed by atoms with Crippen LogP contribution in [0.3, 0.4) is 0 Å². The molecule has 0 radical (unpaired) electrons.